The first-order chi connectivity index (χ1) is 9.81. The van der Waals surface area contributed by atoms with E-state index in [9.17, 15) is 0 Å². The van der Waals surface area contributed by atoms with Gasteiger partial charge in [0, 0.05) is 10.7 Å². The molecule has 3 rings (SSSR count). The van der Waals surface area contributed by atoms with Crippen LogP contribution in [0, 0.1) is 0 Å². The van der Waals surface area contributed by atoms with Crippen molar-refractivity contribution in [2.45, 2.75) is 6.61 Å². The summed E-state index contributed by atoms with van der Waals surface area (Å²) in [5, 5.41) is 3.88. The first-order valence-corrected chi connectivity index (χ1v) is 6.73. The van der Waals surface area contributed by atoms with Gasteiger partial charge in [0.2, 0.25) is 5.82 Å². The average Bonchev–Trinajstić information content (AvgIpc) is 2.97. The Hall–Kier alpha value is -2.21. The van der Waals surface area contributed by atoms with Gasteiger partial charge in [-0.1, -0.05) is 27.2 Å². The molecule has 2 aromatic heterocycles. The Morgan fingerprint density at radius 2 is 1.95 bits per heavy atom. The van der Waals surface area contributed by atoms with Crippen molar-refractivity contribution in [3.8, 4) is 17.3 Å². The smallest absolute Gasteiger partial charge is 0.264 e. The third kappa shape index (κ3) is 3.03. The number of benzene rings is 1. The molecule has 0 aliphatic heterocycles. The quantitative estimate of drug-likeness (QED) is 0.732. The number of ether oxygens (including phenoxy) is 1. The van der Waals surface area contributed by atoms with Crippen molar-refractivity contribution in [3.63, 3.8) is 0 Å². The fraction of sp³-hybridized carbons (Fsp3) is 0.0714. The fourth-order valence-electron chi connectivity index (χ4n) is 1.59. The summed E-state index contributed by atoms with van der Waals surface area (Å²) in [6.07, 6.45) is 1.68. The molecule has 0 fully saturated rings. The van der Waals surface area contributed by atoms with Crippen LogP contribution < -0.4 is 4.74 Å². The molecule has 0 unspecified atom stereocenters. The summed E-state index contributed by atoms with van der Waals surface area (Å²) in [7, 11) is 0. The number of nitrogens with zero attached hydrogens (tertiary/aromatic N) is 3. The van der Waals surface area contributed by atoms with Crippen LogP contribution in [0.15, 0.2) is 57.7 Å². The summed E-state index contributed by atoms with van der Waals surface area (Å²) >= 11 is 3.37. The van der Waals surface area contributed by atoms with Crippen LogP contribution in [0.5, 0.6) is 5.75 Å². The molecule has 0 N–H and O–H groups in total. The molecule has 6 heteroatoms. The van der Waals surface area contributed by atoms with Gasteiger partial charge in [-0.25, -0.2) is 0 Å². The van der Waals surface area contributed by atoms with E-state index in [0.717, 1.165) is 10.2 Å². The lowest BCUT2D eigenvalue weighted by molar-refractivity contribution is 0.243. The predicted molar refractivity (Wildman–Crippen MR) is 76.0 cm³/mol. The van der Waals surface area contributed by atoms with Gasteiger partial charge in [0.25, 0.3) is 5.89 Å². The van der Waals surface area contributed by atoms with Gasteiger partial charge in [0.05, 0.1) is 0 Å². The van der Waals surface area contributed by atoms with Crippen LogP contribution in [0.3, 0.4) is 0 Å². The number of rotatable bonds is 4. The molecule has 2 heterocycles. The number of hydrogen-bond donors (Lipinski definition) is 0. The van der Waals surface area contributed by atoms with Crippen LogP contribution in [0.1, 0.15) is 5.89 Å². The zero-order valence-corrected chi connectivity index (χ0v) is 11.9. The van der Waals surface area contributed by atoms with Gasteiger partial charge >= 0.3 is 0 Å². The van der Waals surface area contributed by atoms with E-state index < -0.39 is 0 Å². The lowest BCUT2D eigenvalue weighted by atomic mass is 10.3. The molecular formula is C14H10BrN3O2. The molecule has 0 spiro atoms. The lowest BCUT2D eigenvalue weighted by Gasteiger charge is -2.02. The summed E-state index contributed by atoms with van der Waals surface area (Å²) < 4.78 is 11.7. The largest absolute Gasteiger partial charge is 0.484 e. The summed E-state index contributed by atoms with van der Waals surface area (Å²) in [6.45, 7) is 0.224. The highest BCUT2D eigenvalue weighted by atomic mass is 79.9. The molecule has 0 aliphatic rings. The number of pyridine rings is 1. The average molecular weight is 332 g/mol. The van der Waals surface area contributed by atoms with Crippen molar-refractivity contribution in [2.24, 2.45) is 0 Å². The topological polar surface area (TPSA) is 61.0 Å². The summed E-state index contributed by atoms with van der Waals surface area (Å²) in [5.74, 6) is 1.61. The van der Waals surface area contributed by atoms with Crippen LogP contribution in [-0.4, -0.2) is 15.1 Å². The third-order valence-electron chi connectivity index (χ3n) is 2.54. The van der Waals surface area contributed by atoms with E-state index in [0.29, 0.717) is 17.4 Å². The molecule has 0 atom stereocenters. The fourth-order valence-corrected chi connectivity index (χ4v) is 1.85. The van der Waals surface area contributed by atoms with E-state index in [1.807, 2.05) is 42.5 Å². The van der Waals surface area contributed by atoms with Crippen molar-refractivity contribution in [2.75, 3.05) is 0 Å². The van der Waals surface area contributed by atoms with Crippen molar-refractivity contribution < 1.29 is 9.26 Å². The molecule has 1 aromatic carbocycles. The molecule has 0 saturated heterocycles. The number of aromatic nitrogens is 3. The second-order valence-electron chi connectivity index (χ2n) is 3.97. The van der Waals surface area contributed by atoms with Gasteiger partial charge in [-0.15, -0.1) is 0 Å². The maximum atomic E-state index is 5.56. The Balaban J connectivity index is 1.67. The van der Waals surface area contributed by atoms with Crippen LogP contribution >= 0.6 is 15.9 Å². The van der Waals surface area contributed by atoms with Crippen LogP contribution in [0.4, 0.5) is 0 Å². The minimum absolute atomic E-state index is 0.224. The molecule has 0 aliphatic carbocycles. The molecule has 20 heavy (non-hydrogen) atoms. The van der Waals surface area contributed by atoms with E-state index in [1.165, 1.54) is 0 Å². The van der Waals surface area contributed by atoms with E-state index in [1.54, 1.807) is 6.20 Å². The minimum atomic E-state index is 0.224. The summed E-state index contributed by atoms with van der Waals surface area (Å²) in [6, 6.07) is 13.1. The van der Waals surface area contributed by atoms with Gasteiger partial charge < -0.3 is 9.26 Å². The van der Waals surface area contributed by atoms with Gasteiger partial charge in [0.15, 0.2) is 6.61 Å². The second-order valence-corrected chi connectivity index (χ2v) is 4.88. The van der Waals surface area contributed by atoms with E-state index >= 15 is 0 Å². The van der Waals surface area contributed by atoms with Crippen LogP contribution in [0.25, 0.3) is 11.5 Å². The normalized spacial score (nSPS) is 10.4. The van der Waals surface area contributed by atoms with E-state index in [4.69, 9.17) is 9.26 Å². The van der Waals surface area contributed by atoms with Gasteiger partial charge in [-0.3, -0.25) is 4.98 Å². The Kier molecular flexibility index (Phi) is 3.73. The van der Waals surface area contributed by atoms with Gasteiger partial charge in [-0.2, -0.15) is 4.98 Å². The second kappa shape index (κ2) is 5.83. The Morgan fingerprint density at radius 3 is 2.70 bits per heavy atom. The molecular weight excluding hydrogens is 322 g/mol. The maximum Gasteiger partial charge on any atom is 0.264 e. The van der Waals surface area contributed by atoms with E-state index in [-0.39, 0.29) is 6.61 Å². The van der Waals surface area contributed by atoms with Gasteiger partial charge in [-0.05, 0) is 36.4 Å². The first kappa shape index (κ1) is 12.8. The van der Waals surface area contributed by atoms with Crippen molar-refractivity contribution in [3.05, 3.63) is 59.0 Å². The molecule has 5 nitrogen and oxygen atoms in total. The molecule has 0 amide bonds. The van der Waals surface area contributed by atoms with Gasteiger partial charge in [0.1, 0.15) is 11.4 Å². The summed E-state index contributed by atoms with van der Waals surface area (Å²) in [4.78, 5) is 8.40. The SMILES string of the molecule is Brc1ccc(OCc2nc(-c3ccccn3)no2)cc1. The first-order valence-electron chi connectivity index (χ1n) is 5.93. The highest BCUT2D eigenvalue weighted by molar-refractivity contribution is 9.10. The monoisotopic (exact) mass is 331 g/mol. The minimum Gasteiger partial charge on any atom is -0.484 e. The molecule has 100 valence electrons. The van der Waals surface area contributed by atoms with Crippen LogP contribution in [-0.2, 0) is 6.61 Å². The number of hydrogen-bond acceptors (Lipinski definition) is 5. The zero-order valence-electron chi connectivity index (χ0n) is 10.4. The lowest BCUT2D eigenvalue weighted by Crippen LogP contribution is -1.95. The Bertz CT molecular complexity index is 683. The highest BCUT2D eigenvalue weighted by Gasteiger charge is 2.09. The van der Waals surface area contributed by atoms with Crippen molar-refractivity contribution in [1.82, 2.24) is 15.1 Å². The predicted octanol–water partition coefficient (Wildman–Crippen LogP) is 3.47. The third-order valence-corrected chi connectivity index (χ3v) is 3.07. The molecule has 0 radical (unpaired) electrons. The maximum absolute atomic E-state index is 5.56. The standard InChI is InChI=1S/C14H10BrN3O2/c15-10-4-6-11(7-5-10)19-9-13-17-14(18-20-13)12-3-1-2-8-16-12/h1-8H,9H2. The Morgan fingerprint density at radius 1 is 1.10 bits per heavy atom. The molecule has 0 saturated carbocycles. The van der Waals surface area contributed by atoms with E-state index in [2.05, 4.69) is 31.1 Å². The van der Waals surface area contributed by atoms with Crippen LogP contribution in [0.2, 0.25) is 0 Å². The van der Waals surface area contributed by atoms with Crippen molar-refractivity contribution >= 4 is 15.9 Å². The Labute approximate surface area is 123 Å². The molecule has 0 bridgehead atoms. The number of halogens is 1. The molecule has 3 aromatic rings. The zero-order chi connectivity index (χ0) is 13.8. The summed E-state index contributed by atoms with van der Waals surface area (Å²) in [5.41, 5.74) is 0.672. The highest BCUT2D eigenvalue weighted by Crippen LogP contribution is 2.18. The van der Waals surface area contributed by atoms with Crippen molar-refractivity contribution in [1.29, 1.82) is 0 Å².